The zero-order valence-electron chi connectivity index (χ0n) is 18.1. The van der Waals surface area contributed by atoms with Crippen LogP contribution in [0.5, 0.6) is 0 Å². The van der Waals surface area contributed by atoms with Gasteiger partial charge in [-0.25, -0.2) is 4.79 Å². The van der Waals surface area contributed by atoms with Gasteiger partial charge in [-0.2, -0.15) is 0 Å². The number of hydrogen-bond donors (Lipinski definition) is 1. The number of aliphatic hydroxyl groups excluding tert-OH is 1. The molecular weight excluding hydrogens is 356 g/mol. The van der Waals surface area contributed by atoms with E-state index in [4.69, 9.17) is 9.47 Å². The number of hydrogen-bond acceptors (Lipinski definition) is 5. The first-order valence-corrected chi connectivity index (χ1v) is 11.2. The molecule has 1 aliphatic heterocycles. The summed E-state index contributed by atoms with van der Waals surface area (Å²) in [6.45, 7) is 6.01. The molecule has 0 aromatic carbocycles. The summed E-state index contributed by atoms with van der Waals surface area (Å²) in [5.41, 5.74) is 0.711. The Balaban J connectivity index is 2.34. The third-order valence-corrected chi connectivity index (χ3v) is 5.52. The maximum atomic E-state index is 11.8. The maximum absolute atomic E-state index is 11.8. The fourth-order valence-electron chi connectivity index (χ4n) is 3.88. The fraction of sp³-hybridized carbons (Fsp3) is 0.826. The Labute approximate surface area is 170 Å². The Kier molecular flexibility index (Phi) is 12.9. The largest absolute Gasteiger partial charge is 0.463 e. The molecule has 0 saturated carbocycles. The Hall–Kier alpha value is -1.36. The number of cyclic esters (lactones) is 1. The second-order valence-corrected chi connectivity index (χ2v) is 7.97. The maximum Gasteiger partial charge on any atom is 0.334 e. The molecule has 0 aliphatic carbocycles. The second-order valence-electron chi connectivity index (χ2n) is 7.97. The van der Waals surface area contributed by atoms with E-state index in [0.29, 0.717) is 25.0 Å². The molecule has 5 heteroatoms. The van der Waals surface area contributed by atoms with Crippen LogP contribution in [0.4, 0.5) is 0 Å². The molecule has 0 amide bonds. The first-order chi connectivity index (χ1) is 13.5. The summed E-state index contributed by atoms with van der Waals surface area (Å²) in [7, 11) is 0. The predicted molar refractivity (Wildman–Crippen MR) is 111 cm³/mol. The van der Waals surface area contributed by atoms with Crippen LogP contribution in [-0.2, 0) is 19.1 Å². The zero-order chi connectivity index (χ0) is 20.8. The van der Waals surface area contributed by atoms with Crippen LogP contribution in [0.1, 0.15) is 97.8 Å². The molecule has 0 aromatic heterocycles. The molecule has 0 spiro atoms. The molecule has 162 valence electrons. The Morgan fingerprint density at radius 1 is 1.11 bits per heavy atom. The molecule has 0 bridgehead atoms. The highest BCUT2D eigenvalue weighted by Gasteiger charge is 2.28. The number of ether oxygens (including phenoxy) is 2. The fourth-order valence-corrected chi connectivity index (χ4v) is 3.88. The molecule has 0 fully saturated rings. The van der Waals surface area contributed by atoms with E-state index in [2.05, 4.69) is 6.92 Å². The molecule has 0 aromatic rings. The van der Waals surface area contributed by atoms with Crippen molar-refractivity contribution in [3.63, 3.8) is 0 Å². The van der Waals surface area contributed by atoms with E-state index in [1.165, 1.54) is 39.0 Å². The monoisotopic (exact) mass is 396 g/mol. The summed E-state index contributed by atoms with van der Waals surface area (Å²) < 4.78 is 10.5. The van der Waals surface area contributed by atoms with Crippen LogP contribution in [0.3, 0.4) is 0 Å². The van der Waals surface area contributed by atoms with E-state index in [-0.39, 0.29) is 30.1 Å². The SMILES string of the molecule is CCCCCCCCC(O)CCCC(CC(CC)C1=CCOC1=O)OC(C)=O. The number of carbonyl (C=O) groups excluding carboxylic acids is 2. The average molecular weight is 397 g/mol. The molecule has 0 radical (unpaired) electrons. The van der Waals surface area contributed by atoms with Crippen molar-refractivity contribution in [1.82, 2.24) is 0 Å². The highest BCUT2D eigenvalue weighted by atomic mass is 16.5. The Morgan fingerprint density at radius 3 is 2.39 bits per heavy atom. The first-order valence-electron chi connectivity index (χ1n) is 11.2. The topological polar surface area (TPSA) is 72.8 Å². The van der Waals surface area contributed by atoms with Gasteiger partial charge in [0.1, 0.15) is 12.7 Å². The van der Waals surface area contributed by atoms with Crippen LogP contribution >= 0.6 is 0 Å². The van der Waals surface area contributed by atoms with Gasteiger partial charge in [0, 0.05) is 12.5 Å². The molecule has 5 nitrogen and oxygen atoms in total. The van der Waals surface area contributed by atoms with Crippen LogP contribution < -0.4 is 0 Å². The lowest BCUT2D eigenvalue weighted by Gasteiger charge is -2.23. The molecule has 1 heterocycles. The van der Waals surface area contributed by atoms with Crippen LogP contribution in [0.15, 0.2) is 11.6 Å². The first kappa shape index (κ1) is 24.7. The van der Waals surface area contributed by atoms with E-state index >= 15 is 0 Å². The van der Waals surface area contributed by atoms with Crippen molar-refractivity contribution in [1.29, 1.82) is 0 Å². The van der Waals surface area contributed by atoms with Crippen molar-refractivity contribution in [3.05, 3.63) is 11.6 Å². The molecule has 1 aliphatic rings. The van der Waals surface area contributed by atoms with Gasteiger partial charge in [0.05, 0.1) is 6.10 Å². The van der Waals surface area contributed by atoms with Crippen LogP contribution in [0, 0.1) is 5.92 Å². The van der Waals surface area contributed by atoms with E-state index in [0.717, 1.165) is 32.1 Å². The minimum Gasteiger partial charge on any atom is -0.463 e. The summed E-state index contributed by atoms with van der Waals surface area (Å²) in [4.78, 5) is 23.3. The minimum atomic E-state index is -0.296. The van der Waals surface area contributed by atoms with Crippen molar-refractivity contribution >= 4 is 11.9 Å². The number of unbranched alkanes of at least 4 members (excludes halogenated alkanes) is 5. The van der Waals surface area contributed by atoms with Gasteiger partial charge in [-0.05, 0) is 50.5 Å². The predicted octanol–water partition coefficient (Wildman–Crippen LogP) is 5.10. The zero-order valence-corrected chi connectivity index (χ0v) is 18.1. The van der Waals surface area contributed by atoms with Gasteiger partial charge in [-0.15, -0.1) is 0 Å². The van der Waals surface area contributed by atoms with Crippen molar-refractivity contribution in [2.45, 2.75) is 110 Å². The average Bonchev–Trinajstić information content (AvgIpc) is 3.07. The highest BCUT2D eigenvalue weighted by molar-refractivity contribution is 5.90. The molecule has 0 saturated heterocycles. The van der Waals surface area contributed by atoms with Gasteiger partial charge in [-0.3, -0.25) is 4.79 Å². The number of rotatable bonds is 16. The summed E-state index contributed by atoms with van der Waals surface area (Å²) >= 11 is 0. The minimum absolute atomic E-state index is 0.0485. The highest BCUT2D eigenvalue weighted by Crippen LogP contribution is 2.28. The number of carbonyl (C=O) groups is 2. The lowest BCUT2D eigenvalue weighted by Crippen LogP contribution is -2.23. The molecule has 1 rings (SSSR count). The van der Waals surface area contributed by atoms with Crippen LogP contribution in [-0.4, -0.2) is 35.9 Å². The molecular formula is C23H40O5. The van der Waals surface area contributed by atoms with Gasteiger partial charge in [0.2, 0.25) is 0 Å². The van der Waals surface area contributed by atoms with E-state index in [9.17, 15) is 14.7 Å². The van der Waals surface area contributed by atoms with Crippen molar-refractivity contribution in [2.24, 2.45) is 5.92 Å². The summed E-state index contributed by atoms with van der Waals surface area (Å²) in [5.74, 6) is -0.495. The second kappa shape index (κ2) is 14.6. The molecule has 1 N–H and O–H groups in total. The van der Waals surface area contributed by atoms with Gasteiger partial charge >= 0.3 is 11.9 Å². The Bertz CT molecular complexity index is 485. The lowest BCUT2D eigenvalue weighted by molar-refractivity contribution is -0.147. The van der Waals surface area contributed by atoms with Crippen molar-refractivity contribution in [2.75, 3.05) is 6.61 Å². The van der Waals surface area contributed by atoms with Crippen molar-refractivity contribution in [3.8, 4) is 0 Å². The quantitative estimate of drug-likeness (QED) is 0.290. The van der Waals surface area contributed by atoms with Gasteiger partial charge in [0.25, 0.3) is 0 Å². The number of aliphatic hydroxyl groups is 1. The summed E-state index contributed by atoms with van der Waals surface area (Å²) in [6, 6.07) is 0. The van der Waals surface area contributed by atoms with Gasteiger partial charge < -0.3 is 14.6 Å². The molecule has 3 atom stereocenters. The van der Waals surface area contributed by atoms with Gasteiger partial charge in [-0.1, -0.05) is 52.4 Å². The third kappa shape index (κ3) is 10.3. The summed E-state index contributed by atoms with van der Waals surface area (Å²) in [5, 5.41) is 10.2. The normalized spacial score (nSPS) is 17.0. The van der Waals surface area contributed by atoms with E-state index in [1.807, 2.05) is 13.0 Å². The standard InChI is InChI=1S/C23H40O5/c1-4-6-7-8-9-10-12-20(25)13-11-14-21(28-18(3)24)17-19(5-2)22-15-16-27-23(22)26/h15,19-21,25H,4-14,16-17H2,1-3H3. The molecule has 28 heavy (non-hydrogen) atoms. The van der Waals surface area contributed by atoms with Crippen molar-refractivity contribution < 1.29 is 24.2 Å². The smallest absolute Gasteiger partial charge is 0.334 e. The van der Waals surface area contributed by atoms with Crippen LogP contribution in [0.25, 0.3) is 0 Å². The van der Waals surface area contributed by atoms with E-state index in [1.54, 1.807) is 0 Å². The lowest BCUT2D eigenvalue weighted by atomic mass is 9.89. The Morgan fingerprint density at radius 2 is 1.79 bits per heavy atom. The van der Waals surface area contributed by atoms with E-state index < -0.39 is 0 Å². The number of esters is 2. The molecule has 3 unspecified atom stereocenters. The van der Waals surface area contributed by atoms with Gasteiger partial charge in [0.15, 0.2) is 0 Å². The van der Waals surface area contributed by atoms with Crippen LogP contribution in [0.2, 0.25) is 0 Å². The summed E-state index contributed by atoms with van der Waals surface area (Å²) in [6.07, 6.45) is 13.2. The third-order valence-electron chi connectivity index (χ3n) is 5.52.